The van der Waals surface area contributed by atoms with Crippen LogP contribution in [0.25, 0.3) is 0 Å². The molecule has 0 atom stereocenters. The van der Waals surface area contributed by atoms with Crippen molar-refractivity contribution in [2.24, 2.45) is 0 Å². The first-order valence-corrected chi connectivity index (χ1v) is 6.01. The van der Waals surface area contributed by atoms with Crippen molar-refractivity contribution in [2.75, 3.05) is 13.7 Å². The summed E-state index contributed by atoms with van der Waals surface area (Å²) in [5, 5.41) is 3.07. The molecule has 0 aliphatic rings. The highest BCUT2D eigenvalue weighted by Gasteiger charge is 1.98. The summed E-state index contributed by atoms with van der Waals surface area (Å²) in [5.74, 6) is 0.853. The fourth-order valence-electron chi connectivity index (χ4n) is 1.64. The summed E-state index contributed by atoms with van der Waals surface area (Å²) in [6.45, 7) is 1.37. The molecule has 0 fully saturated rings. The Balaban J connectivity index is 1.84. The largest absolute Gasteiger partial charge is 0.493 e. The first-order valence-electron chi connectivity index (χ1n) is 6.01. The number of ether oxygens (including phenoxy) is 1. The Morgan fingerprint density at radius 3 is 2.78 bits per heavy atom. The summed E-state index contributed by atoms with van der Waals surface area (Å²) in [6.07, 6.45) is 4.38. The van der Waals surface area contributed by atoms with Crippen molar-refractivity contribution < 1.29 is 4.74 Å². The first-order chi connectivity index (χ1) is 8.88. The summed E-state index contributed by atoms with van der Waals surface area (Å²) in [4.78, 5) is 8.50. The molecule has 0 saturated heterocycles. The van der Waals surface area contributed by atoms with E-state index in [-0.39, 0.29) is 0 Å². The van der Waals surface area contributed by atoms with Gasteiger partial charge in [0.05, 0.1) is 12.3 Å². The summed E-state index contributed by atoms with van der Waals surface area (Å²) >= 11 is 0. The maximum Gasteiger partial charge on any atom is 0.122 e. The van der Waals surface area contributed by atoms with Gasteiger partial charge in [0, 0.05) is 37.1 Å². The van der Waals surface area contributed by atoms with E-state index in [1.165, 1.54) is 0 Å². The number of hydrogen-bond donors (Lipinski definition) is 1. The molecule has 0 bridgehead atoms. The Labute approximate surface area is 107 Å². The van der Waals surface area contributed by atoms with Gasteiger partial charge in [-0.3, -0.25) is 9.97 Å². The molecule has 0 spiro atoms. The minimum absolute atomic E-state index is 0.625. The zero-order valence-corrected chi connectivity index (χ0v) is 10.5. The minimum Gasteiger partial charge on any atom is -0.493 e. The van der Waals surface area contributed by atoms with Crippen molar-refractivity contribution in [1.29, 1.82) is 0 Å². The van der Waals surface area contributed by atoms with Crippen molar-refractivity contribution in [3.05, 3.63) is 54.1 Å². The molecule has 2 rings (SSSR count). The molecule has 0 aromatic carbocycles. The maximum absolute atomic E-state index is 5.69. The molecular formula is C14H17N3O. The van der Waals surface area contributed by atoms with Crippen molar-refractivity contribution in [3.8, 4) is 5.75 Å². The summed E-state index contributed by atoms with van der Waals surface area (Å²) in [7, 11) is 1.90. The molecule has 0 amide bonds. The quantitative estimate of drug-likeness (QED) is 0.840. The van der Waals surface area contributed by atoms with Gasteiger partial charge in [-0.15, -0.1) is 0 Å². The lowest BCUT2D eigenvalue weighted by atomic mass is 10.3. The van der Waals surface area contributed by atoms with E-state index in [4.69, 9.17) is 4.74 Å². The number of hydrogen-bond acceptors (Lipinski definition) is 4. The van der Waals surface area contributed by atoms with E-state index in [1.54, 1.807) is 12.4 Å². The SMILES string of the molecule is CNCc1cc(OCCc2ccccn2)ccn1. The highest BCUT2D eigenvalue weighted by molar-refractivity contribution is 5.22. The van der Waals surface area contributed by atoms with Gasteiger partial charge < -0.3 is 10.1 Å². The molecule has 0 aliphatic carbocycles. The van der Waals surface area contributed by atoms with Crippen LogP contribution in [-0.2, 0) is 13.0 Å². The molecule has 1 N–H and O–H groups in total. The van der Waals surface area contributed by atoms with Crippen LogP contribution in [-0.4, -0.2) is 23.6 Å². The molecule has 2 aromatic rings. The zero-order chi connectivity index (χ0) is 12.6. The molecular weight excluding hydrogens is 226 g/mol. The Bertz CT molecular complexity index is 473. The van der Waals surface area contributed by atoms with Crippen molar-refractivity contribution in [2.45, 2.75) is 13.0 Å². The Morgan fingerprint density at radius 2 is 2.00 bits per heavy atom. The molecule has 2 heterocycles. The van der Waals surface area contributed by atoms with E-state index in [1.807, 2.05) is 37.4 Å². The standard InChI is InChI=1S/C14H17N3O/c1-15-11-13-10-14(5-8-17-13)18-9-6-12-4-2-3-7-16-12/h2-5,7-8,10,15H,6,9,11H2,1H3. The monoisotopic (exact) mass is 243 g/mol. The second-order valence-electron chi connectivity index (χ2n) is 3.93. The fraction of sp³-hybridized carbons (Fsp3) is 0.286. The van der Waals surface area contributed by atoms with E-state index in [0.717, 1.165) is 30.1 Å². The predicted octanol–water partition coefficient (Wildman–Crippen LogP) is 1.82. The molecule has 0 radical (unpaired) electrons. The summed E-state index contributed by atoms with van der Waals surface area (Å²) < 4.78 is 5.69. The normalized spacial score (nSPS) is 10.3. The van der Waals surface area contributed by atoms with E-state index < -0.39 is 0 Å². The molecule has 4 heteroatoms. The highest BCUT2D eigenvalue weighted by Crippen LogP contribution is 2.11. The minimum atomic E-state index is 0.625. The average molecular weight is 243 g/mol. The lowest BCUT2D eigenvalue weighted by Crippen LogP contribution is -2.07. The third kappa shape index (κ3) is 3.82. The van der Waals surface area contributed by atoms with Crippen LogP contribution in [0.3, 0.4) is 0 Å². The Kier molecular flexibility index (Phi) is 4.67. The van der Waals surface area contributed by atoms with Gasteiger partial charge in [0.25, 0.3) is 0 Å². The number of nitrogens with one attached hydrogen (secondary N) is 1. The molecule has 0 saturated carbocycles. The predicted molar refractivity (Wildman–Crippen MR) is 70.4 cm³/mol. The molecule has 2 aromatic heterocycles. The lowest BCUT2D eigenvalue weighted by molar-refractivity contribution is 0.319. The molecule has 18 heavy (non-hydrogen) atoms. The Morgan fingerprint density at radius 1 is 1.11 bits per heavy atom. The third-order valence-electron chi connectivity index (χ3n) is 2.50. The van der Waals surface area contributed by atoms with Crippen LogP contribution >= 0.6 is 0 Å². The number of pyridine rings is 2. The van der Waals surface area contributed by atoms with Crippen molar-refractivity contribution in [1.82, 2.24) is 15.3 Å². The van der Waals surface area contributed by atoms with E-state index in [2.05, 4.69) is 15.3 Å². The zero-order valence-electron chi connectivity index (χ0n) is 10.5. The van der Waals surface area contributed by atoms with E-state index in [9.17, 15) is 0 Å². The second-order valence-corrected chi connectivity index (χ2v) is 3.93. The van der Waals surface area contributed by atoms with Crippen LogP contribution in [0, 0.1) is 0 Å². The Hall–Kier alpha value is -1.94. The van der Waals surface area contributed by atoms with Gasteiger partial charge in [0.1, 0.15) is 5.75 Å². The van der Waals surface area contributed by atoms with Crippen LogP contribution in [0.1, 0.15) is 11.4 Å². The van der Waals surface area contributed by atoms with Crippen LogP contribution in [0.15, 0.2) is 42.7 Å². The van der Waals surface area contributed by atoms with Gasteiger partial charge in [-0.2, -0.15) is 0 Å². The van der Waals surface area contributed by atoms with Gasteiger partial charge in [-0.1, -0.05) is 6.07 Å². The van der Waals surface area contributed by atoms with Gasteiger partial charge >= 0.3 is 0 Å². The smallest absolute Gasteiger partial charge is 0.122 e. The number of aromatic nitrogens is 2. The summed E-state index contributed by atoms with van der Waals surface area (Å²) in [6, 6.07) is 9.73. The molecule has 94 valence electrons. The van der Waals surface area contributed by atoms with Crippen LogP contribution in [0.5, 0.6) is 5.75 Å². The van der Waals surface area contributed by atoms with Crippen LogP contribution < -0.4 is 10.1 Å². The van der Waals surface area contributed by atoms with Gasteiger partial charge in [-0.25, -0.2) is 0 Å². The van der Waals surface area contributed by atoms with Crippen molar-refractivity contribution >= 4 is 0 Å². The number of nitrogens with zero attached hydrogens (tertiary/aromatic N) is 2. The van der Waals surface area contributed by atoms with E-state index in [0.29, 0.717) is 6.61 Å². The van der Waals surface area contributed by atoms with E-state index >= 15 is 0 Å². The fourth-order valence-corrected chi connectivity index (χ4v) is 1.64. The topological polar surface area (TPSA) is 47.0 Å². The average Bonchev–Trinajstić information content (AvgIpc) is 2.41. The van der Waals surface area contributed by atoms with Crippen molar-refractivity contribution in [3.63, 3.8) is 0 Å². The lowest BCUT2D eigenvalue weighted by Gasteiger charge is -2.07. The third-order valence-corrected chi connectivity index (χ3v) is 2.50. The molecule has 0 aliphatic heterocycles. The maximum atomic E-state index is 5.69. The molecule has 4 nitrogen and oxygen atoms in total. The second kappa shape index (κ2) is 6.71. The van der Waals surface area contributed by atoms with Gasteiger partial charge in [-0.05, 0) is 25.2 Å². The van der Waals surface area contributed by atoms with Gasteiger partial charge in [0.2, 0.25) is 0 Å². The van der Waals surface area contributed by atoms with Crippen LogP contribution in [0.4, 0.5) is 0 Å². The number of rotatable bonds is 6. The highest BCUT2D eigenvalue weighted by atomic mass is 16.5. The first kappa shape index (κ1) is 12.5. The summed E-state index contributed by atoms with van der Waals surface area (Å²) in [5.41, 5.74) is 2.02. The van der Waals surface area contributed by atoms with Gasteiger partial charge in [0.15, 0.2) is 0 Å². The van der Waals surface area contributed by atoms with Crippen LogP contribution in [0.2, 0.25) is 0 Å². The molecule has 0 unspecified atom stereocenters.